The Balaban J connectivity index is 1.99. The molecule has 1 amide bonds. The number of carbonyl (C=O) groups excluding carboxylic acids is 2. The number of nitrogens with zero attached hydrogens (tertiary/aromatic N) is 1. The van der Waals surface area contributed by atoms with Gasteiger partial charge in [0.15, 0.2) is 0 Å². The van der Waals surface area contributed by atoms with Crippen molar-refractivity contribution in [2.45, 2.75) is 39.2 Å². The molecule has 6 nitrogen and oxygen atoms in total. The van der Waals surface area contributed by atoms with Crippen molar-refractivity contribution in [3.8, 4) is 22.4 Å². The van der Waals surface area contributed by atoms with Crippen molar-refractivity contribution in [3.63, 3.8) is 0 Å². The molecule has 0 unspecified atom stereocenters. The summed E-state index contributed by atoms with van der Waals surface area (Å²) in [6.45, 7) is 4.10. The van der Waals surface area contributed by atoms with Crippen molar-refractivity contribution >= 4 is 23.3 Å². The maximum atomic E-state index is 13.9. The molecule has 194 valence electrons. The molecule has 0 saturated heterocycles. The first-order valence-corrected chi connectivity index (χ1v) is 12.4. The number of aromatic nitrogens is 1. The largest absolute Gasteiger partial charge is 0.481 e. The maximum Gasteiger partial charge on any atom is 0.310 e. The number of amides is 1. The molecule has 0 saturated carbocycles. The Kier molecular flexibility index (Phi) is 8.16. The number of anilines is 1. The van der Waals surface area contributed by atoms with Crippen LogP contribution in [0, 0.1) is 5.82 Å². The Bertz CT molecular complexity index is 1440. The van der Waals surface area contributed by atoms with E-state index in [2.05, 4.69) is 5.32 Å². The second-order valence-electron chi connectivity index (χ2n) is 9.34. The minimum atomic E-state index is -1.18. The van der Waals surface area contributed by atoms with E-state index in [9.17, 15) is 18.8 Å². The zero-order valence-electron chi connectivity index (χ0n) is 21.3. The molecular formula is C31H29FN2O4. The van der Waals surface area contributed by atoms with Gasteiger partial charge in [-0.15, -0.1) is 0 Å². The molecule has 38 heavy (non-hydrogen) atoms. The quantitative estimate of drug-likeness (QED) is 0.230. The molecule has 0 aliphatic heterocycles. The number of carboxylic acids is 1. The zero-order chi connectivity index (χ0) is 27.2. The summed E-state index contributed by atoms with van der Waals surface area (Å²) in [7, 11) is 0. The number of carboxylic acid groups (broad SMARTS) is 1. The van der Waals surface area contributed by atoms with Crippen molar-refractivity contribution in [2.24, 2.45) is 0 Å². The van der Waals surface area contributed by atoms with Crippen LogP contribution in [-0.4, -0.2) is 27.3 Å². The SMILES string of the molecule is CC(C)c1c(C(=O)Nc2ccccc2)c(-c2ccccc2)c(-c2ccc(F)cc2)n1CCC(=O)CC(=O)O. The molecule has 2 N–H and O–H groups in total. The summed E-state index contributed by atoms with van der Waals surface area (Å²) in [5, 5.41) is 12.1. The standard InChI is InChI=1S/C31H29FN2O4/c1-20(2)29-28(31(38)33-24-11-7-4-8-12-24)27(21-9-5-3-6-10-21)30(22-13-15-23(32)16-14-22)34(29)18-17-25(35)19-26(36)37/h3-16,20H,17-19H2,1-2H3,(H,33,38)(H,36,37). The van der Waals surface area contributed by atoms with Crippen molar-refractivity contribution in [1.29, 1.82) is 0 Å². The first-order valence-electron chi connectivity index (χ1n) is 12.4. The molecule has 7 heteroatoms. The molecule has 0 fully saturated rings. The van der Waals surface area contributed by atoms with Gasteiger partial charge in [0, 0.05) is 29.9 Å². The zero-order valence-corrected chi connectivity index (χ0v) is 21.3. The lowest BCUT2D eigenvalue weighted by Crippen LogP contribution is -2.17. The van der Waals surface area contributed by atoms with Gasteiger partial charge in [-0.25, -0.2) is 4.39 Å². The van der Waals surface area contributed by atoms with Gasteiger partial charge in [0.25, 0.3) is 5.91 Å². The van der Waals surface area contributed by atoms with Crippen LogP contribution in [-0.2, 0) is 16.1 Å². The van der Waals surface area contributed by atoms with Crippen LogP contribution in [0.4, 0.5) is 10.1 Å². The van der Waals surface area contributed by atoms with Gasteiger partial charge in [-0.2, -0.15) is 0 Å². The number of carbonyl (C=O) groups is 3. The first-order chi connectivity index (χ1) is 18.3. The molecule has 1 heterocycles. The fourth-order valence-electron chi connectivity index (χ4n) is 4.70. The number of rotatable bonds is 10. The molecule has 0 atom stereocenters. The minimum Gasteiger partial charge on any atom is -0.481 e. The number of ketones is 1. The fraction of sp³-hybridized carbons (Fsp3) is 0.194. The lowest BCUT2D eigenvalue weighted by atomic mass is 9.94. The summed E-state index contributed by atoms with van der Waals surface area (Å²) in [5.74, 6) is -2.42. The van der Waals surface area contributed by atoms with Crippen LogP contribution in [0.5, 0.6) is 0 Å². The lowest BCUT2D eigenvalue weighted by Gasteiger charge is -2.17. The van der Waals surface area contributed by atoms with Gasteiger partial charge in [-0.05, 0) is 53.4 Å². The number of hydrogen-bond acceptors (Lipinski definition) is 3. The van der Waals surface area contributed by atoms with Crippen molar-refractivity contribution in [3.05, 3.63) is 102 Å². The van der Waals surface area contributed by atoms with Crippen LogP contribution in [0.3, 0.4) is 0 Å². The summed E-state index contributed by atoms with van der Waals surface area (Å²) >= 11 is 0. The van der Waals surface area contributed by atoms with E-state index in [1.807, 2.05) is 66.9 Å². The average molecular weight is 513 g/mol. The van der Waals surface area contributed by atoms with E-state index < -0.39 is 24.0 Å². The average Bonchev–Trinajstić information content (AvgIpc) is 3.24. The number of halogens is 1. The molecule has 0 spiro atoms. The van der Waals surface area contributed by atoms with E-state index >= 15 is 0 Å². The molecule has 3 aromatic carbocycles. The smallest absolute Gasteiger partial charge is 0.310 e. The highest BCUT2D eigenvalue weighted by molar-refractivity contribution is 6.12. The van der Waals surface area contributed by atoms with Crippen LogP contribution in [0.25, 0.3) is 22.4 Å². The van der Waals surface area contributed by atoms with Crippen molar-refractivity contribution in [2.75, 3.05) is 5.32 Å². The molecule has 0 aliphatic rings. The Labute approximate surface area is 220 Å². The number of Topliss-reactive ketones (excluding diaryl/α,β-unsaturated/α-hetero) is 1. The normalized spacial score (nSPS) is 10.9. The van der Waals surface area contributed by atoms with E-state index in [0.29, 0.717) is 33.8 Å². The Morgan fingerprint density at radius 2 is 1.47 bits per heavy atom. The van der Waals surface area contributed by atoms with Crippen LogP contribution in [0.1, 0.15) is 48.7 Å². The Hall–Kier alpha value is -4.52. The second-order valence-corrected chi connectivity index (χ2v) is 9.34. The highest BCUT2D eigenvalue weighted by Crippen LogP contribution is 2.42. The molecule has 0 aliphatic carbocycles. The number of hydrogen-bond donors (Lipinski definition) is 2. The summed E-state index contributed by atoms with van der Waals surface area (Å²) in [6, 6.07) is 24.6. The van der Waals surface area contributed by atoms with Crippen LogP contribution < -0.4 is 5.32 Å². The van der Waals surface area contributed by atoms with Crippen molar-refractivity contribution in [1.82, 2.24) is 4.57 Å². The molecule has 1 aromatic heterocycles. The summed E-state index contributed by atoms with van der Waals surface area (Å²) in [4.78, 5) is 37.5. The Morgan fingerprint density at radius 1 is 0.868 bits per heavy atom. The molecule has 4 rings (SSSR count). The lowest BCUT2D eigenvalue weighted by molar-refractivity contribution is -0.140. The van der Waals surface area contributed by atoms with E-state index in [-0.39, 0.29) is 24.8 Å². The van der Waals surface area contributed by atoms with Gasteiger partial charge < -0.3 is 15.0 Å². The van der Waals surface area contributed by atoms with Gasteiger partial charge in [-0.1, -0.05) is 62.4 Å². The van der Waals surface area contributed by atoms with Gasteiger partial charge >= 0.3 is 5.97 Å². The summed E-state index contributed by atoms with van der Waals surface area (Å²) in [5.41, 5.74) is 4.61. The first kappa shape index (κ1) is 26.5. The number of nitrogens with one attached hydrogen (secondary N) is 1. The summed E-state index contributed by atoms with van der Waals surface area (Å²) < 4.78 is 15.8. The second kappa shape index (κ2) is 11.7. The molecular weight excluding hydrogens is 483 g/mol. The maximum absolute atomic E-state index is 13.9. The van der Waals surface area contributed by atoms with Gasteiger partial charge in [0.05, 0.1) is 11.3 Å². The molecule has 0 bridgehead atoms. The number of para-hydroxylation sites is 1. The number of benzene rings is 3. The third-order valence-electron chi connectivity index (χ3n) is 6.25. The monoisotopic (exact) mass is 512 g/mol. The third kappa shape index (κ3) is 5.89. The van der Waals surface area contributed by atoms with E-state index in [0.717, 1.165) is 5.56 Å². The van der Waals surface area contributed by atoms with E-state index in [4.69, 9.17) is 5.11 Å². The summed E-state index contributed by atoms with van der Waals surface area (Å²) in [6.07, 6.45) is -0.597. The predicted molar refractivity (Wildman–Crippen MR) is 146 cm³/mol. The fourth-order valence-corrected chi connectivity index (χ4v) is 4.70. The topological polar surface area (TPSA) is 88.4 Å². The van der Waals surface area contributed by atoms with E-state index in [1.54, 1.807) is 24.3 Å². The van der Waals surface area contributed by atoms with Gasteiger partial charge in [0.2, 0.25) is 0 Å². The van der Waals surface area contributed by atoms with Crippen LogP contribution in [0.2, 0.25) is 0 Å². The van der Waals surface area contributed by atoms with Crippen LogP contribution >= 0.6 is 0 Å². The highest BCUT2D eigenvalue weighted by atomic mass is 19.1. The third-order valence-corrected chi connectivity index (χ3v) is 6.25. The molecule has 0 radical (unpaired) electrons. The van der Waals surface area contributed by atoms with Crippen LogP contribution in [0.15, 0.2) is 84.9 Å². The van der Waals surface area contributed by atoms with Crippen molar-refractivity contribution < 1.29 is 23.9 Å². The number of aliphatic carboxylic acids is 1. The van der Waals surface area contributed by atoms with Gasteiger partial charge in [0.1, 0.15) is 18.0 Å². The molecule has 4 aromatic rings. The van der Waals surface area contributed by atoms with E-state index in [1.165, 1.54) is 12.1 Å². The highest BCUT2D eigenvalue weighted by Gasteiger charge is 2.30. The predicted octanol–water partition coefficient (Wildman–Crippen LogP) is 6.77. The van der Waals surface area contributed by atoms with Gasteiger partial charge in [-0.3, -0.25) is 14.4 Å². The minimum absolute atomic E-state index is 0.0249. The Morgan fingerprint density at radius 3 is 2.05 bits per heavy atom.